The van der Waals surface area contributed by atoms with Crippen LogP contribution in [0.15, 0.2) is 30.3 Å². The van der Waals surface area contributed by atoms with Crippen LogP contribution in [0.3, 0.4) is 0 Å². The third-order valence-electron chi connectivity index (χ3n) is 3.10. The van der Waals surface area contributed by atoms with Crippen molar-refractivity contribution in [3.8, 4) is 0 Å². The first-order valence-corrected chi connectivity index (χ1v) is 6.56. The highest BCUT2D eigenvalue weighted by Gasteiger charge is 2.05. The van der Waals surface area contributed by atoms with E-state index in [2.05, 4.69) is 20.3 Å². The minimum absolute atomic E-state index is 0.433. The van der Waals surface area contributed by atoms with Crippen LogP contribution in [0.25, 0.3) is 10.9 Å². The number of nitrogen functional groups attached to an aromatic ring is 2. The Bertz CT molecular complexity index is 808. The Labute approximate surface area is 122 Å². The van der Waals surface area contributed by atoms with Crippen LogP contribution in [-0.4, -0.2) is 15.0 Å². The van der Waals surface area contributed by atoms with Crippen LogP contribution in [0.4, 0.5) is 23.0 Å². The molecule has 6 nitrogen and oxygen atoms in total. The quantitative estimate of drug-likeness (QED) is 0.666. The zero-order chi connectivity index (χ0) is 15.0. The van der Waals surface area contributed by atoms with Crippen LogP contribution in [0, 0.1) is 13.8 Å². The highest BCUT2D eigenvalue weighted by molar-refractivity contribution is 5.93. The average molecular weight is 280 g/mol. The number of nitrogens with one attached hydrogen (secondary N) is 1. The molecular weight excluding hydrogens is 264 g/mol. The number of aryl methyl sites for hydroxylation is 2. The highest BCUT2D eigenvalue weighted by Crippen LogP contribution is 2.25. The molecule has 106 valence electrons. The first-order valence-electron chi connectivity index (χ1n) is 6.56. The second kappa shape index (κ2) is 4.90. The fraction of sp³-hybridized carbons (Fsp3) is 0.133. The molecule has 0 saturated heterocycles. The molecule has 21 heavy (non-hydrogen) atoms. The normalized spacial score (nSPS) is 10.8. The van der Waals surface area contributed by atoms with Gasteiger partial charge < -0.3 is 16.8 Å². The number of pyridine rings is 1. The largest absolute Gasteiger partial charge is 0.398 e. The second-order valence-electron chi connectivity index (χ2n) is 4.94. The van der Waals surface area contributed by atoms with Crippen molar-refractivity contribution in [2.24, 2.45) is 0 Å². The van der Waals surface area contributed by atoms with Gasteiger partial charge >= 0.3 is 0 Å². The topological polar surface area (TPSA) is 103 Å². The summed E-state index contributed by atoms with van der Waals surface area (Å²) in [6.45, 7) is 3.72. The van der Waals surface area contributed by atoms with E-state index in [9.17, 15) is 0 Å². The summed E-state index contributed by atoms with van der Waals surface area (Å²) in [5.74, 6) is 1.70. The molecule has 0 bridgehead atoms. The summed E-state index contributed by atoms with van der Waals surface area (Å²) in [5.41, 5.74) is 15.1. The van der Waals surface area contributed by atoms with Crippen molar-refractivity contribution in [3.63, 3.8) is 0 Å². The fourth-order valence-corrected chi connectivity index (χ4v) is 2.27. The van der Waals surface area contributed by atoms with Gasteiger partial charge in [-0.3, -0.25) is 4.98 Å². The molecule has 0 radical (unpaired) electrons. The zero-order valence-electron chi connectivity index (χ0n) is 11.9. The van der Waals surface area contributed by atoms with Gasteiger partial charge in [0.25, 0.3) is 0 Å². The molecule has 0 amide bonds. The van der Waals surface area contributed by atoms with Gasteiger partial charge in [0.15, 0.2) is 0 Å². The molecule has 3 rings (SSSR count). The van der Waals surface area contributed by atoms with E-state index in [0.29, 0.717) is 23.1 Å². The number of fused-ring (bicyclic) bond motifs is 1. The Balaban J connectivity index is 2.01. The molecule has 5 N–H and O–H groups in total. The third kappa shape index (κ3) is 2.69. The number of rotatable bonds is 2. The fourth-order valence-electron chi connectivity index (χ4n) is 2.27. The molecule has 2 aromatic heterocycles. The predicted octanol–water partition coefficient (Wildman–Crippen LogP) is 2.55. The van der Waals surface area contributed by atoms with Crippen LogP contribution in [-0.2, 0) is 0 Å². The van der Waals surface area contributed by atoms with Crippen molar-refractivity contribution >= 4 is 33.9 Å². The summed E-state index contributed by atoms with van der Waals surface area (Å²) in [7, 11) is 0. The van der Waals surface area contributed by atoms with E-state index in [0.717, 1.165) is 22.3 Å². The van der Waals surface area contributed by atoms with Gasteiger partial charge in [0, 0.05) is 28.5 Å². The molecule has 2 heterocycles. The summed E-state index contributed by atoms with van der Waals surface area (Å²) >= 11 is 0. The van der Waals surface area contributed by atoms with Gasteiger partial charge in [-0.05, 0) is 38.1 Å². The monoisotopic (exact) mass is 280 g/mol. The van der Waals surface area contributed by atoms with Gasteiger partial charge in [-0.1, -0.05) is 0 Å². The van der Waals surface area contributed by atoms with Crippen molar-refractivity contribution in [2.75, 3.05) is 16.8 Å². The molecule has 0 atom stereocenters. The number of hydrogen-bond acceptors (Lipinski definition) is 6. The van der Waals surface area contributed by atoms with Crippen molar-refractivity contribution in [2.45, 2.75) is 13.8 Å². The Morgan fingerprint density at radius 3 is 2.52 bits per heavy atom. The first kappa shape index (κ1) is 13.1. The van der Waals surface area contributed by atoms with Crippen LogP contribution in [0.2, 0.25) is 0 Å². The number of nitrogens with two attached hydrogens (primary N) is 2. The molecule has 0 aliphatic heterocycles. The van der Waals surface area contributed by atoms with Gasteiger partial charge in [-0.25, -0.2) is 9.97 Å². The Hall–Kier alpha value is -2.89. The summed E-state index contributed by atoms with van der Waals surface area (Å²) < 4.78 is 0. The molecule has 0 fully saturated rings. The minimum atomic E-state index is 0.433. The molecule has 0 aliphatic rings. The predicted molar refractivity (Wildman–Crippen MR) is 85.4 cm³/mol. The Morgan fingerprint density at radius 2 is 1.76 bits per heavy atom. The number of anilines is 4. The van der Waals surface area contributed by atoms with E-state index >= 15 is 0 Å². The van der Waals surface area contributed by atoms with E-state index in [1.807, 2.05) is 31.2 Å². The average Bonchev–Trinajstić information content (AvgIpc) is 2.38. The molecule has 0 unspecified atom stereocenters. The first-order chi connectivity index (χ1) is 10.0. The maximum absolute atomic E-state index is 6.05. The Kier molecular flexibility index (Phi) is 3.06. The zero-order valence-corrected chi connectivity index (χ0v) is 11.9. The lowest BCUT2D eigenvalue weighted by molar-refractivity contribution is 1.06. The van der Waals surface area contributed by atoms with Gasteiger partial charge in [-0.2, -0.15) is 0 Å². The number of nitrogens with zero attached hydrogens (tertiary/aromatic N) is 3. The van der Waals surface area contributed by atoms with Crippen molar-refractivity contribution in [3.05, 3.63) is 41.9 Å². The van der Waals surface area contributed by atoms with Gasteiger partial charge in [0.2, 0.25) is 0 Å². The maximum atomic E-state index is 6.05. The third-order valence-corrected chi connectivity index (χ3v) is 3.10. The van der Waals surface area contributed by atoms with Gasteiger partial charge in [-0.15, -0.1) is 0 Å². The van der Waals surface area contributed by atoms with Crippen molar-refractivity contribution in [1.82, 2.24) is 15.0 Å². The maximum Gasteiger partial charge on any atom is 0.136 e. The summed E-state index contributed by atoms with van der Waals surface area (Å²) in [6, 6.07) is 9.36. The Morgan fingerprint density at radius 1 is 0.952 bits per heavy atom. The number of benzene rings is 1. The lowest BCUT2D eigenvalue weighted by Crippen LogP contribution is -2.01. The molecule has 0 spiro atoms. The van der Waals surface area contributed by atoms with Crippen LogP contribution in [0.5, 0.6) is 0 Å². The minimum Gasteiger partial charge on any atom is -0.398 e. The lowest BCUT2D eigenvalue weighted by Gasteiger charge is -2.09. The smallest absolute Gasteiger partial charge is 0.136 e. The van der Waals surface area contributed by atoms with Crippen molar-refractivity contribution in [1.29, 1.82) is 0 Å². The van der Waals surface area contributed by atoms with Crippen LogP contribution >= 0.6 is 0 Å². The lowest BCUT2D eigenvalue weighted by atomic mass is 10.1. The number of aromatic nitrogens is 3. The molecule has 1 aromatic carbocycles. The summed E-state index contributed by atoms with van der Waals surface area (Å²) in [4.78, 5) is 12.8. The van der Waals surface area contributed by atoms with Crippen molar-refractivity contribution < 1.29 is 0 Å². The summed E-state index contributed by atoms with van der Waals surface area (Å²) in [5, 5.41) is 4.11. The van der Waals surface area contributed by atoms with E-state index in [1.165, 1.54) is 0 Å². The van der Waals surface area contributed by atoms with E-state index in [-0.39, 0.29) is 0 Å². The molecular formula is C15H16N6. The standard InChI is InChI=1S/C15H16N6/c1-8-5-12(16)11-6-10(3-4-13(11)18-8)21-15-7-14(17)19-9(2)20-15/h3-7H,1-2H3,(H2,16,18)(H3,17,19,20,21). The highest BCUT2D eigenvalue weighted by atomic mass is 15.0. The van der Waals surface area contributed by atoms with Gasteiger partial charge in [0.1, 0.15) is 17.5 Å². The van der Waals surface area contributed by atoms with E-state index in [4.69, 9.17) is 11.5 Å². The second-order valence-corrected chi connectivity index (χ2v) is 4.94. The molecule has 3 aromatic rings. The van der Waals surface area contributed by atoms with Crippen LogP contribution < -0.4 is 16.8 Å². The van der Waals surface area contributed by atoms with Crippen LogP contribution in [0.1, 0.15) is 11.5 Å². The number of hydrogen-bond donors (Lipinski definition) is 3. The van der Waals surface area contributed by atoms with E-state index < -0.39 is 0 Å². The summed E-state index contributed by atoms with van der Waals surface area (Å²) in [6.07, 6.45) is 0. The van der Waals surface area contributed by atoms with Gasteiger partial charge in [0.05, 0.1) is 5.52 Å². The van der Waals surface area contributed by atoms with E-state index in [1.54, 1.807) is 13.0 Å². The SMILES string of the molecule is Cc1cc(N)c2cc(Nc3cc(N)nc(C)n3)ccc2n1. The molecule has 0 saturated carbocycles. The molecule has 6 heteroatoms. The molecule has 0 aliphatic carbocycles.